The van der Waals surface area contributed by atoms with Gasteiger partial charge in [-0.05, 0) is 61.5 Å². The molecule has 0 amide bonds. The van der Waals surface area contributed by atoms with Gasteiger partial charge in [-0.25, -0.2) is 12.7 Å². The molecule has 156 valence electrons. The number of nitrogens with zero attached hydrogens (tertiary/aromatic N) is 2. The third-order valence-electron chi connectivity index (χ3n) is 6.31. The molecule has 2 aliphatic heterocycles. The van der Waals surface area contributed by atoms with E-state index in [1.807, 2.05) is 30.3 Å². The maximum absolute atomic E-state index is 13.2. The van der Waals surface area contributed by atoms with Crippen LogP contribution in [0.15, 0.2) is 54.6 Å². The number of benzene rings is 2. The molecular weight excluding hydrogens is 384 g/mol. The molecule has 2 heterocycles. The van der Waals surface area contributed by atoms with E-state index in [-0.39, 0.29) is 11.2 Å². The monoisotopic (exact) mass is 414 g/mol. The zero-order valence-electron chi connectivity index (χ0n) is 17.0. The highest BCUT2D eigenvalue weighted by molar-refractivity contribution is 7.90. The smallest absolute Gasteiger partial charge is 0.217 e. The van der Waals surface area contributed by atoms with E-state index < -0.39 is 10.0 Å². The Morgan fingerprint density at radius 2 is 1.69 bits per heavy atom. The van der Waals surface area contributed by atoms with E-state index in [0.29, 0.717) is 13.1 Å². The lowest BCUT2D eigenvalue weighted by Crippen LogP contribution is -2.33. The molecule has 0 aromatic heterocycles. The van der Waals surface area contributed by atoms with Crippen LogP contribution in [-0.4, -0.2) is 56.2 Å². The first kappa shape index (κ1) is 20.4. The lowest BCUT2D eigenvalue weighted by Gasteiger charge is -2.22. The molecule has 6 heteroatoms. The summed E-state index contributed by atoms with van der Waals surface area (Å²) < 4.78 is 33.2. The van der Waals surface area contributed by atoms with Gasteiger partial charge in [0.05, 0.1) is 12.4 Å². The number of fused-ring (bicyclic) bond motifs is 1. The summed E-state index contributed by atoms with van der Waals surface area (Å²) in [7, 11) is -1.56. The van der Waals surface area contributed by atoms with E-state index in [2.05, 4.69) is 29.2 Å². The summed E-state index contributed by atoms with van der Waals surface area (Å²) in [6.45, 7) is 3.96. The summed E-state index contributed by atoms with van der Waals surface area (Å²) >= 11 is 0. The van der Waals surface area contributed by atoms with Crippen LogP contribution in [0.2, 0.25) is 0 Å². The van der Waals surface area contributed by atoms with Gasteiger partial charge < -0.3 is 4.74 Å². The van der Waals surface area contributed by atoms with Gasteiger partial charge in [0.2, 0.25) is 10.0 Å². The molecule has 29 heavy (non-hydrogen) atoms. The van der Waals surface area contributed by atoms with Crippen molar-refractivity contribution < 1.29 is 13.2 Å². The second-order valence-electron chi connectivity index (χ2n) is 8.14. The van der Waals surface area contributed by atoms with Crippen LogP contribution < -0.4 is 4.74 Å². The number of hydrogen-bond donors (Lipinski definition) is 0. The number of ether oxygens (including phenoxy) is 1. The number of methoxy groups -OCH3 is 1. The van der Waals surface area contributed by atoms with Crippen molar-refractivity contribution >= 4 is 10.0 Å². The fraction of sp³-hybridized carbons (Fsp3) is 0.478. The SMILES string of the molecule is COc1ccc(CCN2C[C@@H]3CCN(Cc4ccccc4)CC[C@@H]3S2(=O)=O)cc1. The van der Waals surface area contributed by atoms with Crippen molar-refractivity contribution in [2.75, 3.05) is 33.3 Å². The minimum absolute atomic E-state index is 0.223. The summed E-state index contributed by atoms with van der Waals surface area (Å²) in [5.41, 5.74) is 2.44. The third kappa shape index (κ3) is 4.65. The van der Waals surface area contributed by atoms with Crippen LogP contribution in [0.5, 0.6) is 5.75 Å². The maximum Gasteiger partial charge on any atom is 0.217 e. The average molecular weight is 415 g/mol. The van der Waals surface area contributed by atoms with Crippen molar-refractivity contribution in [2.45, 2.75) is 31.1 Å². The minimum atomic E-state index is -3.21. The number of sulfonamides is 1. The molecule has 0 radical (unpaired) electrons. The van der Waals surface area contributed by atoms with Crippen molar-refractivity contribution in [3.05, 3.63) is 65.7 Å². The lowest BCUT2D eigenvalue weighted by atomic mass is 10.0. The summed E-state index contributed by atoms with van der Waals surface area (Å²) in [4.78, 5) is 2.41. The predicted molar refractivity (Wildman–Crippen MR) is 115 cm³/mol. The van der Waals surface area contributed by atoms with Crippen LogP contribution >= 0.6 is 0 Å². The van der Waals surface area contributed by atoms with Crippen molar-refractivity contribution in [1.29, 1.82) is 0 Å². The molecule has 2 atom stereocenters. The number of rotatable bonds is 6. The normalized spacial score (nSPS) is 24.7. The van der Waals surface area contributed by atoms with Crippen LogP contribution in [0.25, 0.3) is 0 Å². The Morgan fingerprint density at radius 3 is 2.41 bits per heavy atom. The van der Waals surface area contributed by atoms with Crippen LogP contribution in [0.4, 0.5) is 0 Å². The molecule has 0 saturated carbocycles. The Morgan fingerprint density at radius 1 is 0.966 bits per heavy atom. The third-order valence-corrected chi connectivity index (χ3v) is 8.75. The minimum Gasteiger partial charge on any atom is -0.497 e. The van der Waals surface area contributed by atoms with Gasteiger partial charge in [-0.2, -0.15) is 0 Å². The fourth-order valence-corrected chi connectivity index (χ4v) is 6.85. The van der Waals surface area contributed by atoms with Crippen molar-refractivity contribution in [2.24, 2.45) is 5.92 Å². The second kappa shape index (κ2) is 8.86. The molecule has 2 saturated heterocycles. The van der Waals surface area contributed by atoms with Crippen molar-refractivity contribution in [3.8, 4) is 5.75 Å². The first-order chi connectivity index (χ1) is 14.1. The van der Waals surface area contributed by atoms with E-state index >= 15 is 0 Å². The molecule has 0 aliphatic carbocycles. The highest BCUT2D eigenvalue weighted by atomic mass is 32.2. The highest BCUT2D eigenvalue weighted by Crippen LogP contribution is 2.34. The molecule has 0 N–H and O–H groups in total. The Hall–Kier alpha value is -1.89. The summed E-state index contributed by atoms with van der Waals surface area (Å²) in [5, 5.41) is -0.223. The van der Waals surface area contributed by atoms with Crippen LogP contribution in [0, 0.1) is 5.92 Å². The second-order valence-corrected chi connectivity index (χ2v) is 10.3. The van der Waals surface area contributed by atoms with Crippen molar-refractivity contribution in [1.82, 2.24) is 9.21 Å². The maximum atomic E-state index is 13.2. The van der Waals surface area contributed by atoms with Gasteiger partial charge in [0, 0.05) is 19.6 Å². The van der Waals surface area contributed by atoms with E-state index in [4.69, 9.17) is 4.74 Å². The molecule has 0 spiro atoms. The summed E-state index contributed by atoms with van der Waals surface area (Å²) in [5.74, 6) is 1.07. The quantitative estimate of drug-likeness (QED) is 0.729. The largest absolute Gasteiger partial charge is 0.497 e. The number of likely N-dealkylation sites (tertiary alicyclic amines) is 1. The summed E-state index contributed by atoms with van der Waals surface area (Å²) in [6.07, 6.45) is 2.43. The van der Waals surface area contributed by atoms with E-state index in [1.54, 1.807) is 11.4 Å². The molecular formula is C23H30N2O3S. The molecule has 2 fully saturated rings. The fourth-order valence-electron chi connectivity index (χ4n) is 4.61. The van der Waals surface area contributed by atoms with Gasteiger partial charge in [0.25, 0.3) is 0 Å². The predicted octanol–water partition coefficient (Wildman–Crippen LogP) is 3.16. The van der Waals surface area contributed by atoms with Crippen LogP contribution in [0.1, 0.15) is 24.0 Å². The summed E-state index contributed by atoms with van der Waals surface area (Å²) in [6, 6.07) is 18.3. The van der Waals surface area contributed by atoms with Crippen LogP contribution in [0.3, 0.4) is 0 Å². The Bertz CT molecular complexity index is 899. The molecule has 5 nitrogen and oxygen atoms in total. The molecule has 2 aromatic rings. The Kier molecular flexibility index (Phi) is 6.23. The number of hydrogen-bond acceptors (Lipinski definition) is 4. The van der Waals surface area contributed by atoms with Crippen molar-refractivity contribution in [3.63, 3.8) is 0 Å². The molecule has 4 rings (SSSR count). The van der Waals surface area contributed by atoms with E-state index in [9.17, 15) is 8.42 Å². The standard InChI is InChI=1S/C23H30N2O3S/c1-28-22-9-7-19(8-10-22)11-16-25-18-21-12-14-24(15-13-23(21)29(25,26)27)17-20-5-3-2-4-6-20/h2-10,21,23H,11-18H2,1H3/t21-,23-/m0/s1. The molecule has 2 aromatic carbocycles. The van der Waals surface area contributed by atoms with Gasteiger partial charge in [0.15, 0.2) is 0 Å². The van der Waals surface area contributed by atoms with Gasteiger partial charge in [-0.15, -0.1) is 0 Å². The van der Waals surface area contributed by atoms with E-state index in [1.165, 1.54) is 5.56 Å². The van der Waals surface area contributed by atoms with E-state index in [0.717, 1.165) is 50.2 Å². The Balaban J connectivity index is 1.35. The van der Waals surface area contributed by atoms with Gasteiger partial charge in [0.1, 0.15) is 5.75 Å². The average Bonchev–Trinajstić information content (AvgIpc) is 2.86. The highest BCUT2D eigenvalue weighted by Gasteiger charge is 2.46. The molecule has 0 unspecified atom stereocenters. The van der Waals surface area contributed by atoms with Gasteiger partial charge >= 0.3 is 0 Å². The molecule has 2 aliphatic rings. The first-order valence-electron chi connectivity index (χ1n) is 10.4. The van der Waals surface area contributed by atoms with Gasteiger partial charge in [-0.3, -0.25) is 4.90 Å². The zero-order valence-corrected chi connectivity index (χ0v) is 17.9. The lowest BCUT2D eigenvalue weighted by molar-refractivity contribution is 0.267. The first-order valence-corrected chi connectivity index (χ1v) is 11.9. The van der Waals surface area contributed by atoms with Crippen LogP contribution in [-0.2, 0) is 23.0 Å². The zero-order chi connectivity index (χ0) is 20.3. The topological polar surface area (TPSA) is 49.9 Å². The molecule has 0 bridgehead atoms. The Labute approximate surface area is 174 Å². The van der Waals surface area contributed by atoms with Gasteiger partial charge in [-0.1, -0.05) is 42.5 Å².